The number of carbonyl (C=O) groups is 2. The summed E-state index contributed by atoms with van der Waals surface area (Å²) in [4.78, 5) is 28.0. The van der Waals surface area contributed by atoms with Gasteiger partial charge in [0, 0.05) is 26.1 Å². The number of carbonyl (C=O) groups excluding carboxylic acids is 2. The van der Waals surface area contributed by atoms with Crippen LogP contribution < -0.4 is 10.1 Å². The Morgan fingerprint density at radius 1 is 1.15 bits per heavy atom. The van der Waals surface area contributed by atoms with E-state index in [9.17, 15) is 9.59 Å². The van der Waals surface area contributed by atoms with Crippen molar-refractivity contribution in [3.8, 4) is 5.75 Å². The van der Waals surface area contributed by atoms with Crippen molar-refractivity contribution in [2.45, 2.75) is 58.1 Å². The molecule has 1 N–H and O–H groups in total. The number of nitrogens with zero attached hydrogens (tertiary/aromatic N) is 1. The van der Waals surface area contributed by atoms with Gasteiger partial charge < -0.3 is 19.7 Å². The molecular formula is C28H36N2O4. The topological polar surface area (TPSA) is 67.9 Å². The summed E-state index contributed by atoms with van der Waals surface area (Å²) in [5, 5.41) is 2.82. The van der Waals surface area contributed by atoms with Gasteiger partial charge in [-0.25, -0.2) is 0 Å². The molecule has 6 heteroatoms. The molecule has 2 aromatic carbocycles. The van der Waals surface area contributed by atoms with E-state index in [1.54, 1.807) is 14.0 Å². The first kappa shape index (κ1) is 24.3. The highest BCUT2D eigenvalue weighted by atomic mass is 16.5. The van der Waals surface area contributed by atoms with Gasteiger partial charge in [-0.15, -0.1) is 0 Å². The van der Waals surface area contributed by atoms with E-state index >= 15 is 0 Å². The van der Waals surface area contributed by atoms with Crippen molar-refractivity contribution in [2.24, 2.45) is 5.92 Å². The highest BCUT2D eigenvalue weighted by Crippen LogP contribution is 2.40. The van der Waals surface area contributed by atoms with E-state index in [0.29, 0.717) is 18.9 Å². The second-order valence-corrected chi connectivity index (χ2v) is 9.48. The Bertz CT molecular complexity index is 1020. The van der Waals surface area contributed by atoms with Gasteiger partial charge in [-0.05, 0) is 61.9 Å². The van der Waals surface area contributed by atoms with E-state index in [1.807, 2.05) is 12.1 Å². The summed E-state index contributed by atoms with van der Waals surface area (Å²) in [5.41, 5.74) is 4.61. The van der Waals surface area contributed by atoms with Crippen LogP contribution in [0, 0.1) is 12.8 Å². The molecule has 4 rings (SSSR count). The molecule has 0 aromatic heterocycles. The first-order valence-electron chi connectivity index (χ1n) is 12.4. The van der Waals surface area contributed by atoms with Crippen molar-refractivity contribution in [3.63, 3.8) is 0 Å². The van der Waals surface area contributed by atoms with Crippen molar-refractivity contribution >= 4 is 11.8 Å². The SMILES string of the molecule is COCCNC(=O)[C@H](C)Oc1ccc2c(c1)[C@H](c1cccc(C)c1)N(C(=O)C1CCCC1)CC2. The fraction of sp³-hybridized carbons (Fsp3) is 0.500. The minimum Gasteiger partial charge on any atom is -0.481 e. The predicted molar refractivity (Wildman–Crippen MR) is 132 cm³/mol. The summed E-state index contributed by atoms with van der Waals surface area (Å²) in [5.74, 6) is 0.861. The maximum atomic E-state index is 13.6. The number of amides is 2. The summed E-state index contributed by atoms with van der Waals surface area (Å²) in [6.45, 7) is 5.45. The van der Waals surface area contributed by atoms with Gasteiger partial charge in [0.15, 0.2) is 6.10 Å². The highest BCUT2D eigenvalue weighted by Gasteiger charge is 2.36. The number of hydrogen-bond donors (Lipinski definition) is 1. The second-order valence-electron chi connectivity index (χ2n) is 9.48. The van der Waals surface area contributed by atoms with Crippen LogP contribution in [0.4, 0.5) is 0 Å². The average Bonchev–Trinajstić information content (AvgIpc) is 3.38. The molecule has 0 radical (unpaired) electrons. The van der Waals surface area contributed by atoms with Crippen LogP contribution in [0.15, 0.2) is 42.5 Å². The molecule has 2 aliphatic rings. The largest absolute Gasteiger partial charge is 0.481 e. The fourth-order valence-corrected chi connectivity index (χ4v) is 5.19. The zero-order valence-electron chi connectivity index (χ0n) is 20.5. The summed E-state index contributed by atoms with van der Waals surface area (Å²) in [6.07, 6.45) is 4.44. The Hall–Kier alpha value is -2.86. The zero-order chi connectivity index (χ0) is 24.1. The summed E-state index contributed by atoms with van der Waals surface area (Å²) < 4.78 is 11.0. The molecule has 0 bridgehead atoms. The van der Waals surface area contributed by atoms with Gasteiger partial charge in [0.2, 0.25) is 5.91 Å². The lowest BCUT2D eigenvalue weighted by molar-refractivity contribution is -0.137. The minimum atomic E-state index is -0.632. The quantitative estimate of drug-likeness (QED) is 0.595. The van der Waals surface area contributed by atoms with Crippen LogP contribution in [-0.4, -0.2) is 49.6 Å². The molecule has 1 fully saturated rings. The molecule has 1 heterocycles. The van der Waals surface area contributed by atoms with Gasteiger partial charge in [0.05, 0.1) is 12.6 Å². The zero-order valence-corrected chi connectivity index (χ0v) is 20.5. The molecule has 1 aliphatic carbocycles. The average molecular weight is 465 g/mol. The Kier molecular flexibility index (Phi) is 7.88. The third-order valence-corrected chi connectivity index (χ3v) is 6.98. The van der Waals surface area contributed by atoms with Gasteiger partial charge in [0.25, 0.3) is 5.91 Å². The van der Waals surface area contributed by atoms with Gasteiger partial charge in [-0.2, -0.15) is 0 Å². The van der Waals surface area contributed by atoms with Gasteiger partial charge in [-0.1, -0.05) is 48.7 Å². The number of nitrogens with one attached hydrogen (secondary N) is 1. The Morgan fingerprint density at radius 3 is 2.68 bits per heavy atom. The Labute approximate surface area is 202 Å². The molecule has 34 heavy (non-hydrogen) atoms. The molecule has 0 spiro atoms. The molecule has 6 nitrogen and oxygen atoms in total. The maximum Gasteiger partial charge on any atom is 0.260 e. The number of hydrogen-bond acceptors (Lipinski definition) is 4. The van der Waals surface area contributed by atoms with Crippen LogP contribution in [0.2, 0.25) is 0 Å². The van der Waals surface area contributed by atoms with E-state index in [2.05, 4.69) is 47.5 Å². The number of rotatable bonds is 8. The lowest BCUT2D eigenvalue weighted by Crippen LogP contribution is -2.43. The molecule has 182 valence electrons. The van der Waals surface area contributed by atoms with Crippen LogP contribution in [-0.2, 0) is 20.7 Å². The third-order valence-electron chi connectivity index (χ3n) is 6.98. The number of benzene rings is 2. The van der Waals surface area contributed by atoms with Gasteiger partial charge in [0.1, 0.15) is 5.75 Å². The van der Waals surface area contributed by atoms with Crippen LogP contribution >= 0.6 is 0 Å². The summed E-state index contributed by atoms with van der Waals surface area (Å²) in [6, 6.07) is 14.3. The van der Waals surface area contributed by atoms with Crippen molar-refractivity contribution in [1.82, 2.24) is 10.2 Å². The van der Waals surface area contributed by atoms with Crippen molar-refractivity contribution in [2.75, 3.05) is 26.8 Å². The van der Waals surface area contributed by atoms with Crippen molar-refractivity contribution in [1.29, 1.82) is 0 Å². The number of ether oxygens (including phenoxy) is 2. The first-order chi connectivity index (χ1) is 16.5. The number of methoxy groups -OCH3 is 1. The maximum absolute atomic E-state index is 13.6. The second kappa shape index (κ2) is 11.0. The van der Waals surface area contributed by atoms with E-state index < -0.39 is 6.10 Å². The smallest absolute Gasteiger partial charge is 0.260 e. The van der Waals surface area contributed by atoms with E-state index in [0.717, 1.165) is 49.8 Å². The molecule has 0 saturated heterocycles. The molecule has 2 aromatic rings. The monoisotopic (exact) mass is 464 g/mol. The Balaban J connectivity index is 1.62. The number of aryl methyl sites for hydroxylation is 1. The van der Waals surface area contributed by atoms with Crippen LogP contribution in [0.1, 0.15) is 60.9 Å². The van der Waals surface area contributed by atoms with Crippen molar-refractivity contribution in [3.05, 3.63) is 64.7 Å². The van der Waals surface area contributed by atoms with Gasteiger partial charge in [-0.3, -0.25) is 9.59 Å². The number of fused-ring (bicyclic) bond motifs is 1. The standard InChI is InChI=1S/C28H36N2O4/c1-19-7-6-10-23(17-19)26-25-18-24(34-20(2)27(31)29-14-16-33-3)12-11-21(25)13-15-30(26)28(32)22-8-4-5-9-22/h6-7,10-12,17-18,20,22,26H,4-5,8-9,13-16H2,1-3H3,(H,29,31)/t20-,26-/m0/s1. The molecule has 2 amide bonds. The molecule has 1 saturated carbocycles. The fourth-order valence-electron chi connectivity index (χ4n) is 5.19. The summed E-state index contributed by atoms with van der Waals surface area (Å²) >= 11 is 0. The lowest BCUT2D eigenvalue weighted by atomic mass is 9.86. The van der Waals surface area contributed by atoms with E-state index in [1.165, 1.54) is 11.1 Å². The molecule has 0 unspecified atom stereocenters. The minimum absolute atomic E-state index is 0.129. The van der Waals surface area contributed by atoms with Crippen molar-refractivity contribution < 1.29 is 19.1 Å². The molecule has 1 aliphatic heterocycles. The van der Waals surface area contributed by atoms with Crippen LogP contribution in [0.5, 0.6) is 5.75 Å². The molecular weight excluding hydrogens is 428 g/mol. The van der Waals surface area contributed by atoms with Crippen LogP contribution in [0.25, 0.3) is 0 Å². The van der Waals surface area contributed by atoms with E-state index in [4.69, 9.17) is 9.47 Å². The normalized spacial score (nSPS) is 18.9. The van der Waals surface area contributed by atoms with E-state index in [-0.39, 0.29) is 23.8 Å². The Morgan fingerprint density at radius 2 is 1.94 bits per heavy atom. The van der Waals surface area contributed by atoms with Crippen LogP contribution in [0.3, 0.4) is 0 Å². The van der Waals surface area contributed by atoms with Gasteiger partial charge >= 0.3 is 0 Å². The lowest BCUT2D eigenvalue weighted by Gasteiger charge is -2.39. The summed E-state index contributed by atoms with van der Waals surface area (Å²) in [7, 11) is 1.60. The molecule has 2 atom stereocenters. The third kappa shape index (κ3) is 5.44. The first-order valence-corrected chi connectivity index (χ1v) is 12.4. The predicted octanol–water partition coefficient (Wildman–Crippen LogP) is 4.19. The highest BCUT2D eigenvalue weighted by molar-refractivity contribution is 5.81.